The minimum absolute atomic E-state index is 0.0815. The van der Waals surface area contributed by atoms with Crippen molar-refractivity contribution in [3.8, 4) is 0 Å². The zero-order valence-corrected chi connectivity index (χ0v) is 11.3. The number of nitrogens with two attached hydrogens (primary N) is 1. The maximum atomic E-state index is 5.87. The van der Waals surface area contributed by atoms with E-state index in [-0.39, 0.29) is 5.54 Å². The molecule has 4 nitrogen and oxygen atoms in total. The zero-order valence-electron chi connectivity index (χ0n) is 11.3. The predicted octanol–water partition coefficient (Wildman–Crippen LogP) is 1.10. The molecule has 0 fully saturated rings. The van der Waals surface area contributed by atoms with Crippen LogP contribution < -0.4 is 5.73 Å². The molecule has 0 saturated carbocycles. The third kappa shape index (κ3) is 5.25. The van der Waals surface area contributed by atoms with Gasteiger partial charge in [-0.3, -0.25) is 4.90 Å². The highest BCUT2D eigenvalue weighted by Crippen LogP contribution is 2.14. The van der Waals surface area contributed by atoms with E-state index in [1.807, 2.05) is 13.8 Å². The number of nitrogens with zero attached hydrogens (tertiary/aromatic N) is 1. The Labute approximate surface area is 100 Å². The number of rotatable bonds is 10. The molecule has 0 spiro atoms. The average molecular weight is 232 g/mol. The van der Waals surface area contributed by atoms with E-state index in [0.29, 0.717) is 13.2 Å². The van der Waals surface area contributed by atoms with Crippen LogP contribution in [-0.4, -0.2) is 56.5 Å². The summed E-state index contributed by atoms with van der Waals surface area (Å²) in [5.74, 6) is 0. The number of hydrogen-bond donors (Lipinski definition) is 1. The van der Waals surface area contributed by atoms with Gasteiger partial charge in [-0.15, -0.1) is 0 Å². The summed E-state index contributed by atoms with van der Waals surface area (Å²) in [4.78, 5) is 2.33. The Kier molecular flexibility index (Phi) is 8.84. The van der Waals surface area contributed by atoms with E-state index in [1.165, 1.54) is 0 Å². The molecule has 1 unspecified atom stereocenters. The first kappa shape index (κ1) is 15.8. The van der Waals surface area contributed by atoms with Crippen LogP contribution in [0.25, 0.3) is 0 Å². The summed E-state index contributed by atoms with van der Waals surface area (Å²) >= 11 is 0. The summed E-state index contributed by atoms with van der Waals surface area (Å²) in [6.07, 6.45) is 0. The first-order valence-electron chi connectivity index (χ1n) is 6.25. The van der Waals surface area contributed by atoms with Crippen LogP contribution in [0.5, 0.6) is 0 Å². The molecule has 4 heteroatoms. The highest BCUT2D eigenvalue weighted by atomic mass is 16.5. The lowest BCUT2D eigenvalue weighted by atomic mass is 10.0. The van der Waals surface area contributed by atoms with Gasteiger partial charge in [0, 0.05) is 26.3 Å². The average Bonchev–Trinajstić information content (AvgIpc) is 2.31. The van der Waals surface area contributed by atoms with E-state index >= 15 is 0 Å². The van der Waals surface area contributed by atoms with Gasteiger partial charge >= 0.3 is 0 Å². The maximum Gasteiger partial charge on any atom is 0.0659 e. The van der Waals surface area contributed by atoms with Crippen molar-refractivity contribution in [1.82, 2.24) is 4.90 Å². The van der Waals surface area contributed by atoms with Gasteiger partial charge in [-0.05, 0) is 27.3 Å². The standard InChI is InChI=1S/C12H28N2O2/c1-5-14(8-9-15-6-2)12(4,10-13)11-16-7-3/h5-11,13H2,1-4H3. The van der Waals surface area contributed by atoms with Crippen LogP contribution in [0.3, 0.4) is 0 Å². The van der Waals surface area contributed by atoms with Crippen LogP contribution in [0.4, 0.5) is 0 Å². The number of ether oxygens (including phenoxy) is 2. The second-order valence-corrected chi connectivity index (χ2v) is 4.11. The molecule has 0 bridgehead atoms. The summed E-state index contributed by atoms with van der Waals surface area (Å²) < 4.78 is 10.9. The Bertz CT molecular complexity index is 167. The summed E-state index contributed by atoms with van der Waals surface area (Å²) in [7, 11) is 0. The van der Waals surface area contributed by atoms with Gasteiger partial charge < -0.3 is 15.2 Å². The van der Waals surface area contributed by atoms with Gasteiger partial charge in [-0.2, -0.15) is 0 Å². The van der Waals surface area contributed by atoms with Crippen LogP contribution in [0.15, 0.2) is 0 Å². The fourth-order valence-corrected chi connectivity index (χ4v) is 1.73. The molecular formula is C12H28N2O2. The van der Waals surface area contributed by atoms with E-state index in [4.69, 9.17) is 15.2 Å². The molecule has 0 heterocycles. The van der Waals surface area contributed by atoms with Crippen molar-refractivity contribution in [3.63, 3.8) is 0 Å². The highest BCUT2D eigenvalue weighted by Gasteiger charge is 2.29. The summed E-state index contributed by atoms with van der Waals surface area (Å²) in [6.45, 7) is 13.7. The molecule has 1 atom stereocenters. The maximum absolute atomic E-state index is 5.87. The van der Waals surface area contributed by atoms with Crippen molar-refractivity contribution in [2.75, 3.05) is 46.1 Å². The topological polar surface area (TPSA) is 47.7 Å². The molecule has 0 aromatic heterocycles. The molecule has 0 aliphatic heterocycles. The van der Waals surface area contributed by atoms with Gasteiger partial charge in [-0.1, -0.05) is 6.92 Å². The van der Waals surface area contributed by atoms with Crippen molar-refractivity contribution >= 4 is 0 Å². The predicted molar refractivity (Wildman–Crippen MR) is 67.7 cm³/mol. The zero-order chi connectivity index (χ0) is 12.4. The van der Waals surface area contributed by atoms with Gasteiger partial charge in [0.1, 0.15) is 0 Å². The summed E-state index contributed by atoms with van der Waals surface area (Å²) in [5.41, 5.74) is 5.78. The fourth-order valence-electron chi connectivity index (χ4n) is 1.73. The Morgan fingerprint density at radius 1 is 1.12 bits per heavy atom. The molecule has 0 aromatic rings. The normalized spacial score (nSPS) is 15.4. The van der Waals surface area contributed by atoms with E-state index in [2.05, 4.69) is 18.7 Å². The lowest BCUT2D eigenvalue weighted by molar-refractivity contribution is -0.00206. The van der Waals surface area contributed by atoms with Crippen LogP contribution in [0.2, 0.25) is 0 Å². The van der Waals surface area contributed by atoms with Gasteiger partial charge in [-0.25, -0.2) is 0 Å². The van der Waals surface area contributed by atoms with Gasteiger partial charge in [0.2, 0.25) is 0 Å². The molecule has 0 aliphatic carbocycles. The monoisotopic (exact) mass is 232 g/mol. The second-order valence-electron chi connectivity index (χ2n) is 4.11. The van der Waals surface area contributed by atoms with Crippen LogP contribution in [0, 0.1) is 0 Å². The third-order valence-corrected chi connectivity index (χ3v) is 2.91. The molecule has 0 amide bonds. The van der Waals surface area contributed by atoms with Crippen LogP contribution >= 0.6 is 0 Å². The van der Waals surface area contributed by atoms with E-state index < -0.39 is 0 Å². The second kappa shape index (κ2) is 8.93. The summed E-state index contributed by atoms with van der Waals surface area (Å²) in [5, 5.41) is 0. The highest BCUT2D eigenvalue weighted by molar-refractivity contribution is 4.86. The molecule has 0 rings (SSSR count). The molecule has 16 heavy (non-hydrogen) atoms. The Morgan fingerprint density at radius 3 is 2.19 bits per heavy atom. The van der Waals surface area contributed by atoms with Gasteiger partial charge in [0.15, 0.2) is 0 Å². The van der Waals surface area contributed by atoms with Crippen molar-refractivity contribution < 1.29 is 9.47 Å². The molecule has 98 valence electrons. The first-order chi connectivity index (χ1) is 7.64. The minimum Gasteiger partial charge on any atom is -0.380 e. The van der Waals surface area contributed by atoms with Crippen molar-refractivity contribution in [3.05, 3.63) is 0 Å². The quantitative estimate of drug-likeness (QED) is 0.573. The molecule has 2 N–H and O–H groups in total. The summed E-state index contributed by atoms with van der Waals surface area (Å²) in [6, 6.07) is 0. The Balaban J connectivity index is 4.23. The number of likely N-dealkylation sites (N-methyl/N-ethyl adjacent to an activating group) is 1. The van der Waals surface area contributed by atoms with Crippen LogP contribution in [0.1, 0.15) is 27.7 Å². The van der Waals surface area contributed by atoms with Gasteiger partial charge in [0.25, 0.3) is 0 Å². The third-order valence-electron chi connectivity index (χ3n) is 2.91. The molecule has 0 radical (unpaired) electrons. The van der Waals surface area contributed by atoms with Crippen LogP contribution in [-0.2, 0) is 9.47 Å². The molecular weight excluding hydrogens is 204 g/mol. The molecule has 0 aliphatic rings. The Hall–Kier alpha value is -0.160. The van der Waals surface area contributed by atoms with E-state index in [0.717, 1.165) is 32.9 Å². The first-order valence-corrected chi connectivity index (χ1v) is 6.25. The SMILES string of the molecule is CCOCCN(CC)C(C)(CN)COCC. The lowest BCUT2D eigenvalue weighted by Gasteiger charge is -2.39. The van der Waals surface area contributed by atoms with E-state index in [1.54, 1.807) is 0 Å². The van der Waals surface area contributed by atoms with Crippen molar-refractivity contribution in [2.24, 2.45) is 5.73 Å². The largest absolute Gasteiger partial charge is 0.380 e. The van der Waals surface area contributed by atoms with Gasteiger partial charge in [0.05, 0.1) is 18.8 Å². The Morgan fingerprint density at radius 2 is 1.75 bits per heavy atom. The molecule has 0 saturated heterocycles. The van der Waals surface area contributed by atoms with Crippen molar-refractivity contribution in [1.29, 1.82) is 0 Å². The number of hydrogen-bond acceptors (Lipinski definition) is 4. The lowest BCUT2D eigenvalue weighted by Crippen LogP contribution is -2.55. The van der Waals surface area contributed by atoms with Crippen molar-refractivity contribution in [2.45, 2.75) is 33.2 Å². The van der Waals surface area contributed by atoms with E-state index in [9.17, 15) is 0 Å². The molecule has 0 aromatic carbocycles. The fraction of sp³-hybridized carbons (Fsp3) is 1.00. The minimum atomic E-state index is -0.0815. The smallest absolute Gasteiger partial charge is 0.0659 e.